The highest BCUT2D eigenvalue weighted by Gasteiger charge is 2.24. The van der Waals surface area contributed by atoms with Crippen molar-refractivity contribution < 1.29 is 4.74 Å². The molecule has 0 aromatic heterocycles. The van der Waals surface area contributed by atoms with E-state index >= 15 is 0 Å². The average Bonchev–Trinajstić information content (AvgIpc) is 2.30. The van der Waals surface area contributed by atoms with Crippen molar-refractivity contribution in [1.82, 2.24) is 0 Å². The number of hydrogen-bond acceptors (Lipinski definition) is 2. The maximum Gasteiger partial charge on any atom is 0.0851 e. The Morgan fingerprint density at radius 2 is 2.20 bits per heavy atom. The van der Waals surface area contributed by atoms with Crippen molar-refractivity contribution >= 4 is 11.6 Å². The molecule has 0 radical (unpaired) electrons. The number of rotatable bonds is 1. The Hall–Kier alpha value is -1.04. The van der Waals surface area contributed by atoms with E-state index < -0.39 is 0 Å². The Balaban J connectivity index is 2.18. The first-order valence-electron chi connectivity index (χ1n) is 5.07. The van der Waals surface area contributed by atoms with Crippen LogP contribution in [0.5, 0.6) is 0 Å². The van der Waals surface area contributed by atoms with Crippen LogP contribution in [0.15, 0.2) is 24.3 Å². The van der Waals surface area contributed by atoms with Crippen molar-refractivity contribution in [2.24, 2.45) is 5.92 Å². The molecule has 1 aromatic carbocycles. The third-order valence-electron chi connectivity index (χ3n) is 2.72. The molecule has 1 aliphatic heterocycles. The van der Waals surface area contributed by atoms with Crippen molar-refractivity contribution in [3.8, 4) is 6.07 Å². The fourth-order valence-electron chi connectivity index (χ4n) is 1.87. The van der Waals surface area contributed by atoms with Crippen LogP contribution in [0.2, 0.25) is 5.02 Å². The zero-order chi connectivity index (χ0) is 10.7. The summed E-state index contributed by atoms with van der Waals surface area (Å²) in [5.41, 5.74) is 0.999. The molecule has 1 fully saturated rings. The Morgan fingerprint density at radius 3 is 2.93 bits per heavy atom. The predicted octanol–water partition coefficient (Wildman–Crippen LogP) is 3.33. The summed E-state index contributed by atoms with van der Waals surface area (Å²) in [5, 5.41) is 9.61. The normalized spacial score (nSPS) is 25.9. The molecule has 1 aromatic rings. The molecule has 15 heavy (non-hydrogen) atoms. The van der Waals surface area contributed by atoms with Gasteiger partial charge in [-0.05, 0) is 24.5 Å². The lowest BCUT2D eigenvalue weighted by molar-refractivity contribution is 0.000772. The van der Waals surface area contributed by atoms with Crippen LogP contribution in [0.4, 0.5) is 0 Å². The van der Waals surface area contributed by atoms with Gasteiger partial charge in [-0.25, -0.2) is 0 Å². The van der Waals surface area contributed by atoms with Crippen LogP contribution in [-0.4, -0.2) is 6.61 Å². The summed E-state index contributed by atoms with van der Waals surface area (Å²) in [6, 6.07) is 9.97. The number of hydrogen-bond donors (Lipinski definition) is 0. The van der Waals surface area contributed by atoms with Gasteiger partial charge in [0.25, 0.3) is 0 Å². The summed E-state index contributed by atoms with van der Waals surface area (Å²) in [4.78, 5) is 0. The molecule has 1 heterocycles. The molecule has 0 saturated carbocycles. The summed E-state index contributed by atoms with van der Waals surface area (Å²) in [6.07, 6.45) is 1.56. The van der Waals surface area contributed by atoms with E-state index in [2.05, 4.69) is 6.07 Å². The molecule has 0 bridgehead atoms. The number of nitriles is 1. The van der Waals surface area contributed by atoms with Gasteiger partial charge in [0.15, 0.2) is 0 Å². The summed E-state index contributed by atoms with van der Waals surface area (Å²) < 4.78 is 5.64. The van der Waals surface area contributed by atoms with Crippen molar-refractivity contribution in [3.63, 3.8) is 0 Å². The third kappa shape index (κ3) is 2.31. The zero-order valence-electron chi connectivity index (χ0n) is 8.32. The van der Waals surface area contributed by atoms with Crippen LogP contribution in [0, 0.1) is 17.2 Å². The second-order valence-electron chi connectivity index (χ2n) is 3.73. The molecule has 1 saturated heterocycles. The van der Waals surface area contributed by atoms with Crippen LogP contribution >= 0.6 is 11.6 Å². The Kier molecular flexibility index (Phi) is 3.25. The van der Waals surface area contributed by atoms with Crippen LogP contribution < -0.4 is 0 Å². The Morgan fingerprint density at radius 1 is 1.40 bits per heavy atom. The topological polar surface area (TPSA) is 33.0 Å². The Labute approximate surface area is 94.4 Å². The van der Waals surface area contributed by atoms with E-state index in [0.29, 0.717) is 6.61 Å². The largest absolute Gasteiger partial charge is 0.373 e. The van der Waals surface area contributed by atoms with E-state index in [0.717, 1.165) is 23.4 Å². The van der Waals surface area contributed by atoms with Crippen LogP contribution in [0.1, 0.15) is 24.5 Å². The third-order valence-corrected chi connectivity index (χ3v) is 3.06. The summed E-state index contributed by atoms with van der Waals surface area (Å²) in [5.74, 6) is 0.0972. The van der Waals surface area contributed by atoms with Gasteiger partial charge in [0.1, 0.15) is 0 Å². The van der Waals surface area contributed by atoms with E-state index in [1.165, 1.54) is 0 Å². The summed E-state index contributed by atoms with van der Waals surface area (Å²) in [7, 11) is 0. The molecular formula is C12H12ClNO. The lowest BCUT2D eigenvalue weighted by Gasteiger charge is -2.26. The lowest BCUT2D eigenvalue weighted by atomic mass is 9.93. The number of nitrogens with zero attached hydrogens (tertiary/aromatic N) is 1. The van der Waals surface area contributed by atoms with Crippen LogP contribution in [0.3, 0.4) is 0 Å². The average molecular weight is 222 g/mol. The molecule has 2 rings (SSSR count). The molecule has 2 unspecified atom stereocenters. The minimum absolute atomic E-state index is 0.0166. The van der Waals surface area contributed by atoms with E-state index in [4.69, 9.17) is 21.6 Å². The predicted molar refractivity (Wildman–Crippen MR) is 58.5 cm³/mol. The highest BCUT2D eigenvalue weighted by molar-refractivity contribution is 6.31. The molecule has 2 atom stereocenters. The first-order chi connectivity index (χ1) is 7.31. The van der Waals surface area contributed by atoms with Crippen molar-refractivity contribution in [1.29, 1.82) is 5.26 Å². The molecule has 0 spiro atoms. The van der Waals surface area contributed by atoms with Gasteiger partial charge in [-0.3, -0.25) is 0 Å². The van der Waals surface area contributed by atoms with Crippen LogP contribution in [-0.2, 0) is 4.74 Å². The molecule has 1 aliphatic rings. The molecule has 2 nitrogen and oxygen atoms in total. The molecule has 0 N–H and O–H groups in total. The zero-order valence-corrected chi connectivity index (χ0v) is 9.07. The quantitative estimate of drug-likeness (QED) is 0.729. The van der Waals surface area contributed by atoms with Crippen molar-refractivity contribution in [2.45, 2.75) is 18.9 Å². The maximum atomic E-state index is 8.89. The first-order valence-corrected chi connectivity index (χ1v) is 5.44. The lowest BCUT2D eigenvalue weighted by Crippen LogP contribution is -2.18. The molecule has 3 heteroatoms. The molecule has 78 valence electrons. The van der Waals surface area contributed by atoms with E-state index in [9.17, 15) is 0 Å². The first kappa shape index (κ1) is 10.5. The number of ether oxygens (including phenoxy) is 1. The van der Waals surface area contributed by atoms with Gasteiger partial charge in [-0.2, -0.15) is 5.26 Å². The van der Waals surface area contributed by atoms with Crippen molar-refractivity contribution in [2.75, 3.05) is 6.61 Å². The van der Waals surface area contributed by atoms with Gasteiger partial charge in [-0.15, -0.1) is 0 Å². The summed E-state index contributed by atoms with van der Waals surface area (Å²) >= 11 is 6.09. The summed E-state index contributed by atoms with van der Waals surface area (Å²) in [6.45, 7) is 0.647. The molecule has 0 amide bonds. The maximum absolute atomic E-state index is 8.89. The monoisotopic (exact) mass is 221 g/mol. The highest BCUT2D eigenvalue weighted by atomic mass is 35.5. The number of halogens is 1. The van der Waals surface area contributed by atoms with Gasteiger partial charge in [-0.1, -0.05) is 29.8 Å². The fraction of sp³-hybridized carbons (Fsp3) is 0.417. The van der Waals surface area contributed by atoms with Gasteiger partial charge < -0.3 is 4.74 Å². The van der Waals surface area contributed by atoms with E-state index in [-0.39, 0.29) is 12.0 Å². The second kappa shape index (κ2) is 4.65. The van der Waals surface area contributed by atoms with Crippen molar-refractivity contribution in [3.05, 3.63) is 34.9 Å². The highest BCUT2D eigenvalue weighted by Crippen LogP contribution is 2.34. The minimum atomic E-state index is -0.0166. The van der Waals surface area contributed by atoms with Crippen LogP contribution in [0.25, 0.3) is 0 Å². The minimum Gasteiger partial charge on any atom is -0.373 e. The van der Waals surface area contributed by atoms with Gasteiger partial charge in [0.2, 0.25) is 0 Å². The van der Waals surface area contributed by atoms with E-state index in [1.54, 1.807) is 0 Å². The Bertz CT molecular complexity index is 385. The number of benzene rings is 1. The van der Waals surface area contributed by atoms with Gasteiger partial charge >= 0.3 is 0 Å². The standard InChI is InChI=1S/C12H12ClNO/c13-11-4-2-1-3-10(11)12-7-9(8-14)5-6-15-12/h1-4,9,12H,5-7H2. The van der Waals surface area contributed by atoms with E-state index in [1.807, 2.05) is 24.3 Å². The molecular weight excluding hydrogens is 210 g/mol. The fourth-order valence-corrected chi connectivity index (χ4v) is 2.12. The second-order valence-corrected chi connectivity index (χ2v) is 4.14. The van der Waals surface area contributed by atoms with Gasteiger partial charge in [0, 0.05) is 11.6 Å². The smallest absolute Gasteiger partial charge is 0.0851 e. The van der Waals surface area contributed by atoms with Gasteiger partial charge in [0.05, 0.1) is 18.1 Å². The SMILES string of the molecule is N#CC1CCOC(c2ccccc2Cl)C1. The molecule has 0 aliphatic carbocycles.